The SMILES string of the molecule is COc1ccc(CC(=O)OCC(=O)Nc2cc(Cl)ccc2Cl)cc1F. The van der Waals surface area contributed by atoms with Crippen LogP contribution in [0.4, 0.5) is 10.1 Å². The molecule has 132 valence electrons. The molecule has 0 atom stereocenters. The van der Waals surface area contributed by atoms with Crippen molar-refractivity contribution in [3.8, 4) is 5.75 Å². The van der Waals surface area contributed by atoms with E-state index >= 15 is 0 Å². The fourth-order valence-electron chi connectivity index (χ4n) is 1.96. The van der Waals surface area contributed by atoms with E-state index in [1.165, 1.54) is 37.4 Å². The first-order chi connectivity index (χ1) is 11.9. The third-order valence-corrected chi connectivity index (χ3v) is 3.70. The molecule has 0 heterocycles. The van der Waals surface area contributed by atoms with E-state index in [4.69, 9.17) is 32.7 Å². The first kappa shape index (κ1) is 19.0. The number of carbonyl (C=O) groups excluding carboxylic acids is 2. The lowest BCUT2D eigenvalue weighted by atomic mass is 10.1. The van der Waals surface area contributed by atoms with Crippen LogP contribution in [0.15, 0.2) is 36.4 Å². The van der Waals surface area contributed by atoms with Gasteiger partial charge < -0.3 is 14.8 Å². The molecule has 0 radical (unpaired) electrons. The monoisotopic (exact) mass is 385 g/mol. The topological polar surface area (TPSA) is 64.6 Å². The van der Waals surface area contributed by atoms with Gasteiger partial charge in [0, 0.05) is 5.02 Å². The second kappa shape index (κ2) is 8.69. The maximum absolute atomic E-state index is 13.6. The number of anilines is 1. The Labute approximate surface area is 153 Å². The number of amides is 1. The maximum atomic E-state index is 13.6. The van der Waals surface area contributed by atoms with Crippen molar-refractivity contribution in [1.82, 2.24) is 0 Å². The predicted octanol–water partition coefficient (Wildman–Crippen LogP) is 3.87. The molecule has 2 rings (SSSR count). The molecule has 0 spiro atoms. The lowest BCUT2D eigenvalue weighted by Crippen LogP contribution is -2.21. The van der Waals surface area contributed by atoms with Gasteiger partial charge in [-0.3, -0.25) is 9.59 Å². The molecular weight excluding hydrogens is 372 g/mol. The van der Waals surface area contributed by atoms with Crippen LogP contribution >= 0.6 is 23.2 Å². The highest BCUT2D eigenvalue weighted by Crippen LogP contribution is 2.25. The van der Waals surface area contributed by atoms with E-state index in [2.05, 4.69) is 5.32 Å². The zero-order chi connectivity index (χ0) is 18.4. The average Bonchev–Trinajstić information content (AvgIpc) is 2.56. The Kier molecular flexibility index (Phi) is 6.61. The van der Waals surface area contributed by atoms with Crippen molar-refractivity contribution in [3.63, 3.8) is 0 Å². The Morgan fingerprint density at radius 3 is 2.60 bits per heavy atom. The molecule has 8 heteroatoms. The standard InChI is InChI=1S/C17H14Cl2FNO4/c1-24-15-5-2-10(6-13(15)20)7-17(23)25-9-16(22)21-14-8-11(18)3-4-12(14)19/h2-6,8H,7,9H2,1H3,(H,21,22). The van der Waals surface area contributed by atoms with Gasteiger partial charge in [-0.1, -0.05) is 29.3 Å². The Morgan fingerprint density at radius 1 is 1.16 bits per heavy atom. The van der Waals surface area contributed by atoms with E-state index in [-0.39, 0.29) is 12.2 Å². The summed E-state index contributed by atoms with van der Waals surface area (Å²) in [6, 6.07) is 8.70. The van der Waals surface area contributed by atoms with E-state index in [9.17, 15) is 14.0 Å². The minimum absolute atomic E-state index is 0.0786. The summed E-state index contributed by atoms with van der Waals surface area (Å²) >= 11 is 11.7. The van der Waals surface area contributed by atoms with Gasteiger partial charge >= 0.3 is 5.97 Å². The fraction of sp³-hybridized carbons (Fsp3) is 0.176. The normalized spacial score (nSPS) is 10.2. The van der Waals surface area contributed by atoms with Crippen LogP contribution in [0.2, 0.25) is 10.0 Å². The molecule has 0 fully saturated rings. The Balaban J connectivity index is 1.86. The van der Waals surface area contributed by atoms with Crippen molar-refractivity contribution in [2.45, 2.75) is 6.42 Å². The van der Waals surface area contributed by atoms with E-state index in [1.54, 1.807) is 6.07 Å². The first-order valence-corrected chi connectivity index (χ1v) is 7.87. The van der Waals surface area contributed by atoms with Crippen molar-refractivity contribution in [2.75, 3.05) is 19.0 Å². The summed E-state index contributed by atoms with van der Waals surface area (Å²) in [5.74, 6) is -1.74. The number of rotatable bonds is 6. The van der Waals surface area contributed by atoms with E-state index < -0.39 is 24.3 Å². The molecular formula is C17H14Cl2FNO4. The summed E-state index contributed by atoms with van der Waals surface area (Å²) in [6.07, 6.45) is -0.174. The molecule has 0 aromatic heterocycles. The lowest BCUT2D eigenvalue weighted by Gasteiger charge is -2.09. The van der Waals surface area contributed by atoms with Gasteiger partial charge in [-0.2, -0.15) is 0 Å². The van der Waals surface area contributed by atoms with Gasteiger partial charge in [0.15, 0.2) is 18.2 Å². The highest BCUT2D eigenvalue weighted by molar-refractivity contribution is 6.35. The second-order valence-corrected chi connectivity index (χ2v) is 5.82. The second-order valence-electron chi connectivity index (χ2n) is 4.98. The van der Waals surface area contributed by atoms with E-state index in [0.717, 1.165) is 0 Å². The van der Waals surface area contributed by atoms with Gasteiger partial charge in [-0.05, 0) is 35.9 Å². The number of methoxy groups -OCH3 is 1. The summed E-state index contributed by atoms with van der Waals surface area (Å²) in [4.78, 5) is 23.6. The van der Waals surface area contributed by atoms with Gasteiger partial charge in [0.05, 0.1) is 24.2 Å². The molecule has 0 bridgehead atoms. The fourth-order valence-corrected chi connectivity index (χ4v) is 2.30. The number of esters is 1. The van der Waals surface area contributed by atoms with Crippen molar-refractivity contribution in [1.29, 1.82) is 0 Å². The largest absolute Gasteiger partial charge is 0.494 e. The quantitative estimate of drug-likeness (QED) is 0.766. The van der Waals surface area contributed by atoms with Gasteiger partial charge in [-0.15, -0.1) is 0 Å². The molecule has 1 amide bonds. The summed E-state index contributed by atoms with van der Waals surface area (Å²) in [7, 11) is 1.34. The molecule has 0 aliphatic heterocycles. The summed E-state index contributed by atoms with van der Waals surface area (Å²) in [5, 5.41) is 3.19. The molecule has 5 nitrogen and oxygen atoms in total. The minimum atomic E-state index is -0.670. The van der Waals surface area contributed by atoms with Crippen molar-refractivity contribution in [2.24, 2.45) is 0 Å². The van der Waals surface area contributed by atoms with Crippen LogP contribution < -0.4 is 10.1 Å². The summed E-state index contributed by atoms with van der Waals surface area (Å²) in [5.41, 5.74) is 0.717. The van der Waals surface area contributed by atoms with Crippen LogP contribution in [-0.2, 0) is 20.7 Å². The predicted molar refractivity (Wildman–Crippen MR) is 92.7 cm³/mol. The van der Waals surface area contributed by atoms with Gasteiger partial charge in [0.25, 0.3) is 5.91 Å². The van der Waals surface area contributed by atoms with Crippen molar-refractivity contribution in [3.05, 3.63) is 57.8 Å². The first-order valence-electron chi connectivity index (χ1n) is 7.12. The number of hydrogen-bond acceptors (Lipinski definition) is 4. The molecule has 25 heavy (non-hydrogen) atoms. The number of halogens is 3. The number of nitrogens with one attached hydrogen (secondary N) is 1. The molecule has 0 unspecified atom stereocenters. The Bertz CT molecular complexity index is 798. The minimum Gasteiger partial charge on any atom is -0.494 e. The zero-order valence-electron chi connectivity index (χ0n) is 13.1. The van der Waals surface area contributed by atoms with Crippen LogP contribution in [0, 0.1) is 5.82 Å². The van der Waals surface area contributed by atoms with Gasteiger partial charge in [0.2, 0.25) is 0 Å². The van der Waals surface area contributed by atoms with Gasteiger partial charge in [0.1, 0.15) is 0 Å². The number of hydrogen-bond donors (Lipinski definition) is 1. The molecule has 2 aromatic rings. The lowest BCUT2D eigenvalue weighted by molar-refractivity contribution is -0.146. The molecule has 0 aliphatic rings. The van der Waals surface area contributed by atoms with Crippen LogP contribution in [0.25, 0.3) is 0 Å². The molecule has 0 saturated carbocycles. The highest BCUT2D eigenvalue weighted by atomic mass is 35.5. The highest BCUT2D eigenvalue weighted by Gasteiger charge is 2.12. The molecule has 0 saturated heterocycles. The Hall–Kier alpha value is -2.31. The number of ether oxygens (including phenoxy) is 2. The van der Waals surface area contributed by atoms with E-state index in [0.29, 0.717) is 21.3 Å². The van der Waals surface area contributed by atoms with Crippen LogP contribution in [0.5, 0.6) is 5.75 Å². The van der Waals surface area contributed by atoms with Crippen LogP contribution in [0.3, 0.4) is 0 Å². The smallest absolute Gasteiger partial charge is 0.310 e. The van der Waals surface area contributed by atoms with Crippen molar-refractivity contribution >= 4 is 40.8 Å². The van der Waals surface area contributed by atoms with E-state index in [1.807, 2.05) is 0 Å². The third kappa shape index (κ3) is 5.62. The Morgan fingerprint density at radius 2 is 1.92 bits per heavy atom. The van der Waals surface area contributed by atoms with Crippen LogP contribution in [-0.4, -0.2) is 25.6 Å². The number of carbonyl (C=O) groups is 2. The van der Waals surface area contributed by atoms with Crippen LogP contribution in [0.1, 0.15) is 5.56 Å². The zero-order valence-corrected chi connectivity index (χ0v) is 14.7. The third-order valence-electron chi connectivity index (χ3n) is 3.13. The van der Waals surface area contributed by atoms with Crippen molar-refractivity contribution < 1.29 is 23.5 Å². The molecule has 0 aliphatic carbocycles. The molecule has 1 N–H and O–H groups in total. The average molecular weight is 386 g/mol. The maximum Gasteiger partial charge on any atom is 0.310 e. The summed E-state index contributed by atoms with van der Waals surface area (Å²) < 4.78 is 23.2. The van der Waals surface area contributed by atoms with Gasteiger partial charge in [-0.25, -0.2) is 4.39 Å². The summed E-state index contributed by atoms with van der Waals surface area (Å²) in [6.45, 7) is -0.500. The molecule has 2 aromatic carbocycles. The number of benzene rings is 2.